The Bertz CT molecular complexity index is 900. The lowest BCUT2D eigenvalue weighted by molar-refractivity contribution is 0.0793. The molecule has 0 aliphatic heterocycles. The number of para-hydroxylation sites is 1. The molecule has 2 aromatic carbocycles. The quantitative estimate of drug-likeness (QED) is 0.641. The Morgan fingerprint density at radius 2 is 1.89 bits per heavy atom. The molecule has 0 saturated heterocycles. The molecule has 0 radical (unpaired) electrons. The number of hydrogen-bond acceptors (Lipinski definition) is 3. The first-order valence-corrected chi connectivity index (χ1v) is 9.05. The number of aromatic nitrogens is 2. The second kappa shape index (κ2) is 8.54. The molecular weight excluding hydrogens is 338 g/mol. The number of rotatable bonds is 7. The van der Waals surface area contributed by atoms with Gasteiger partial charge < -0.3 is 14.2 Å². The molecule has 0 spiro atoms. The fourth-order valence-corrected chi connectivity index (χ4v) is 3.11. The standard InChI is InChI=1S/C22H25N3O2/c1-24-16-14-23-21(24)9-6-15-25(2)22(26)18-12-10-17(11-13-18)19-7-4-5-8-20(19)27-3/h4-5,7-8,10-14,16H,6,9,15H2,1-3H3. The van der Waals surface area contributed by atoms with Crippen molar-refractivity contribution in [3.05, 3.63) is 72.3 Å². The molecule has 0 aliphatic rings. The maximum absolute atomic E-state index is 12.7. The van der Waals surface area contributed by atoms with Gasteiger partial charge in [0, 0.05) is 50.6 Å². The molecule has 1 aromatic heterocycles. The highest BCUT2D eigenvalue weighted by atomic mass is 16.5. The zero-order chi connectivity index (χ0) is 19.2. The normalized spacial score (nSPS) is 10.6. The van der Waals surface area contributed by atoms with Gasteiger partial charge in [0.25, 0.3) is 5.91 Å². The van der Waals surface area contributed by atoms with Crippen LogP contribution in [0.1, 0.15) is 22.6 Å². The van der Waals surface area contributed by atoms with Crippen LogP contribution in [0.3, 0.4) is 0 Å². The summed E-state index contributed by atoms with van der Waals surface area (Å²) in [6.45, 7) is 0.694. The largest absolute Gasteiger partial charge is 0.496 e. The lowest BCUT2D eigenvalue weighted by Crippen LogP contribution is -2.28. The summed E-state index contributed by atoms with van der Waals surface area (Å²) in [6, 6.07) is 15.5. The highest BCUT2D eigenvalue weighted by molar-refractivity contribution is 5.94. The average Bonchev–Trinajstić information content (AvgIpc) is 3.12. The maximum atomic E-state index is 12.7. The van der Waals surface area contributed by atoms with E-state index in [1.54, 1.807) is 18.2 Å². The molecule has 0 unspecified atom stereocenters. The number of carbonyl (C=O) groups is 1. The van der Waals surface area contributed by atoms with Crippen molar-refractivity contribution >= 4 is 5.91 Å². The fraction of sp³-hybridized carbons (Fsp3) is 0.273. The van der Waals surface area contributed by atoms with Gasteiger partial charge in [0.2, 0.25) is 0 Å². The predicted molar refractivity (Wildman–Crippen MR) is 107 cm³/mol. The number of benzene rings is 2. The Kier molecular flexibility index (Phi) is 5.91. The van der Waals surface area contributed by atoms with Crippen LogP contribution in [0.5, 0.6) is 5.75 Å². The third kappa shape index (κ3) is 4.37. The molecule has 27 heavy (non-hydrogen) atoms. The van der Waals surface area contributed by atoms with E-state index in [9.17, 15) is 4.79 Å². The first kappa shape index (κ1) is 18.7. The summed E-state index contributed by atoms with van der Waals surface area (Å²) in [7, 11) is 5.49. The number of imidazole rings is 1. The molecule has 5 nitrogen and oxygen atoms in total. The van der Waals surface area contributed by atoms with E-state index < -0.39 is 0 Å². The minimum Gasteiger partial charge on any atom is -0.496 e. The van der Waals surface area contributed by atoms with Gasteiger partial charge in [0.15, 0.2) is 0 Å². The fourth-order valence-electron chi connectivity index (χ4n) is 3.11. The van der Waals surface area contributed by atoms with E-state index in [1.165, 1.54) is 0 Å². The molecule has 1 heterocycles. The minimum atomic E-state index is 0.0291. The summed E-state index contributed by atoms with van der Waals surface area (Å²) in [6.07, 6.45) is 5.47. The molecule has 0 saturated carbocycles. The van der Waals surface area contributed by atoms with Crippen LogP contribution in [-0.4, -0.2) is 41.1 Å². The maximum Gasteiger partial charge on any atom is 0.253 e. The van der Waals surface area contributed by atoms with Crippen molar-refractivity contribution in [2.24, 2.45) is 7.05 Å². The smallest absolute Gasteiger partial charge is 0.253 e. The summed E-state index contributed by atoms with van der Waals surface area (Å²) >= 11 is 0. The number of carbonyl (C=O) groups excluding carboxylic acids is 1. The zero-order valence-corrected chi connectivity index (χ0v) is 16.1. The Morgan fingerprint density at radius 1 is 1.15 bits per heavy atom. The molecule has 0 aliphatic carbocycles. The highest BCUT2D eigenvalue weighted by Crippen LogP contribution is 2.29. The SMILES string of the molecule is COc1ccccc1-c1ccc(C(=O)N(C)CCCc2nccn2C)cc1. The van der Waals surface area contributed by atoms with E-state index >= 15 is 0 Å². The monoisotopic (exact) mass is 363 g/mol. The molecule has 5 heteroatoms. The van der Waals surface area contributed by atoms with Gasteiger partial charge in [-0.1, -0.05) is 30.3 Å². The van der Waals surface area contributed by atoms with E-state index in [0.29, 0.717) is 12.1 Å². The van der Waals surface area contributed by atoms with E-state index in [4.69, 9.17) is 4.74 Å². The van der Waals surface area contributed by atoms with Crippen LogP contribution in [0.15, 0.2) is 60.9 Å². The molecule has 3 rings (SSSR count). The van der Waals surface area contributed by atoms with Crippen molar-refractivity contribution in [2.75, 3.05) is 20.7 Å². The Balaban J connectivity index is 1.62. The highest BCUT2D eigenvalue weighted by Gasteiger charge is 2.13. The van der Waals surface area contributed by atoms with Crippen molar-refractivity contribution in [1.29, 1.82) is 0 Å². The van der Waals surface area contributed by atoms with Crippen LogP contribution < -0.4 is 4.74 Å². The van der Waals surface area contributed by atoms with Crippen LogP contribution >= 0.6 is 0 Å². The van der Waals surface area contributed by atoms with Crippen LogP contribution in [0, 0.1) is 0 Å². The number of aryl methyl sites for hydroxylation is 2. The van der Waals surface area contributed by atoms with Crippen molar-refractivity contribution in [2.45, 2.75) is 12.8 Å². The van der Waals surface area contributed by atoms with Gasteiger partial charge in [-0.3, -0.25) is 4.79 Å². The van der Waals surface area contributed by atoms with E-state index in [1.807, 2.05) is 73.4 Å². The van der Waals surface area contributed by atoms with Gasteiger partial charge >= 0.3 is 0 Å². The van der Waals surface area contributed by atoms with Gasteiger partial charge in [-0.2, -0.15) is 0 Å². The van der Waals surface area contributed by atoms with Crippen molar-refractivity contribution in [1.82, 2.24) is 14.5 Å². The Morgan fingerprint density at radius 3 is 2.56 bits per heavy atom. The van der Waals surface area contributed by atoms with Gasteiger partial charge in [-0.15, -0.1) is 0 Å². The predicted octanol–water partition coefficient (Wildman–Crippen LogP) is 3.80. The first-order valence-electron chi connectivity index (χ1n) is 9.05. The van der Waals surface area contributed by atoms with E-state index in [0.717, 1.165) is 35.5 Å². The van der Waals surface area contributed by atoms with Gasteiger partial charge in [0.05, 0.1) is 7.11 Å². The minimum absolute atomic E-state index is 0.0291. The molecule has 1 amide bonds. The Labute approximate surface area is 160 Å². The average molecular weight is 363 g/mol. The topological polar surface area (TPSA) is 47.4 Å². The summed E-state index contributed by atoms with van der Waals surface area (Å²) in [5.74, 6) is 1.89. The molecule has 0 atom stereocenters. The molecule has 140 valence electrons. The van der Waals surface area contributed by atoms with Crippen LogP contribution in [0.25, 0.3) is 11.1 Å². The zero-order valence-electron chi connectivity index (χ0n) is 16.1. The van der Waals surface area contributed by atoms with E-state index in [2.05, 4.69) is 4.98 Å². The van der Waals surface area contributed by atoms with Gasteiger partial charge in [-0.25, -0.2) is 4.98 Å². The van der Waals surface area contributed by atoms with Crippen LogP contribution in [0.2, 0.25) is 0 Å². The number of amides is 1. The molecule has 0 fully saturated rings. The third-order valence-electron chi connectivity index (χ3n) is 4.71. The first-order chi connectivity index (χ1) is 13.1. The van der Waals surface area contributed by atoms with Crippen molar-refractivity contribution < 1.29 is 9.53 Å². The second-order valence-corrected chi connectivity index (χ2v) is 6.56. The summed E-state index contributed by atoms with van der Waals surface area (Å²) in [5, 5.41) is 0. The number of nitrogens with zero attached hydrogens (tertiary/aromatic N) is 3. The summed E-state index contributed by atoms with van der Waals surface area (Å²) in [4.78, 5) is 18.7. The molecular formula is C22H25N3O2. The summed E-state index contributed by atoms with van der Waals surface area (Å²) < 4.78 is 7.43. The number of methoxy groups -OCH3 is 1. The van der Waals surface area contributed by atoms with E-state index in [-0.39, 0.29) is 5.91 Å². The number of ether oxygens (including phenoxy) is 1. The molecule has 3 aromatic rings. The lowest BCUT2D eigenvalue weighted by Gasteiger charge is -2.17. The van der Waals surface area contributed by atoms with Crippen LogP contribution in [-0.2, 0) is 13.5 Å². The number of hydrogen-bond donors (Lipinski definition) is 0. The summed E-state index contributed by atoms with van der Waals surface area (Å²) in [5.41, 5.74) is 2.73. The second-order valence-electron chi connectivity index (χ2n) is 6.56. The lowest BCUT2D eigenvalue weighted by atomic mass is 10.0. The van der Waals surface area contributed by atoms with Crippen molar-refractivity contribution in [3.63, 3.8) is 0 Å². The van der Waals surface area contributed by atoms with Crippen LogP contribution in [0.4, 0.5) is 0 Å². The Hall–Kier alpha value is -3.08. The van der Waals surface area contributed by atoms with Crippen molar-refractivity contribution in [3.8, 4) is 16.9 Å². The molecule has 0 N–H and O–H groups in total. The van der Waals surface area contributed by atoms with Gasteiger partial charge in [-0.05, 0) is 30.2 Å². The molecule has 0 bridgehead atoms. The third-order valence-corrected chi connectivity index (χ3v) is 4.71. The van der Waals surface area contributed by atoms with Gasteiger partial charge in [0.1, 0.15) is 11.6 Å².